The highest BCUT2D eigenvalue weighted by Crippen LogP contribution is 2.57. The average molecular weight is 619 g/mol. The molecular weight excluding hydrogens is 576 g/mol. The molecule has 3 atom stereocenters. The number of aromatic hydroxyl groups is 2. The van der Waals surface area contributed by atoms with E-state index in [9.17, 15) is 15.0 Å². The number of phenolic OH excluding ortho intramolecular Hbond substituents is 2. The molecule has 3 aliphatic carbocycles. The van der Waals surface area contributed by atoms with Crippen LogP contribution in [0.4, 0.5) is 5.69 Å². The van der Waals surface area contributed by atoms with Crippen molar-refractivity contribution in [2.24, 2.45) is 11.8 Å². The lowest BCUT2D eigenvalue weighted by molar-refractivity contribution is -0.148. The quantitative estimate of drug-likeness (QED) is 0.176. The summed E-state index contributed by atoms with van der Waals surface area (Å²) in [5.74, 6) is 1.47. The molecule has 0 bridgehead atoms. The topological polar surface area (TPSA) is 101 Å². The number of esters is 1. The van der Waals surface area contributed by atoms with Crippen LogP contribution in [0.3, 0.4) is 0 Å². The lowest BCUT2D eigenvalue weighted by atomic mass is 9.59. The van der Waals surface area contributed by atoms with Crippen molar-refractivity contribution < 1.29 is 24.5 Å². The lowest BCUT2D eigenvalue weighted by Gasteiger charge is -2.47. The van der Waals surface area contributed by atoms with Crippen LogP contribution in [0.1, 0.15) is 87.1 Å². The number of pyridine rings is 1. The smallest absolute Gasteiger partial charge is 0.331 e. The largest absolute Gasteiger partial charge is 0.504 e. The minimum atomic E-state index is -0.886. The van der Waals surface area contributed by atoms with Crippen LogP contribution < -0.4 is 10.1 Å². The number of phenols is 2. The first kappa shape index (κ1) is 30.6. The van der Waals surface area contributed by atoms with Gasteiger partial charge in [0.15, 0.2) is 11.5 Å². The molecule has 234 valence electrons. The molecule has 44 heavy (non-hydrogen) atoms. The van der Waals surface area contributed by atoms with E-state index in [4.69, 9.17) is 21.1 Å². The molecule has 0 radical (unpaired) electrons. The number of ether oxygens (including phenoxy) is 2. The van der Waals surface area contributed by atoms with E-state index < -0.39 is 5.54 Å². The van der Waals surface area contributed by atoms with E-state index >= 15 is 0 Å². The van der Waals surface area contributed by atoms with E-state index in [0.29, 0.717) is 30.4 Å². The number of hydrogen-bond acceptors (Lipinski definition) is 7. The molecule has 3 N–H and O–H groups in total. The van der Waals surface area contributed by atoms with Crippen LogP contribution in [0.25, 0.3) is 0 Å². The number of nitrogens with zero attached hydrogens (tertiary/aromatic N) is 1. The number of aryl methyl sites for hydroxylation is 1. The van der Waals surface area contributed by atoms with E-state index in [1.807, 2.05) is 36.5 Å². The van der Waals surface area contributed by atoms with Crippen molar-refractivity contribution in [1.82, 2.24) is 4.98 Å². The number of fused-ring (bicyclic) bond motifs is 3. The number of aromatic nitrogens is 1. The second-order valence-electron chi connectivity index (χ2n) is 13.4. The summed E-state index contributed by atoms with van der Waals surface area (Å²) in [6, 6.07) is 12.9. The molecule has 0 aliphatic heterocycles. The summed E-state index contributed by atoms with van der Waals surface area (Å²) in [4.78, 5) is 17.9. The SMILES string of the molecule is COC(=O)C1(Nc2cccc(Cl)c2)CCC2(CC1)c1cc(O)c(O)cc1CC2C[C@@H](C)COc1ccnc2c1[C@H](C)CCC2. The fourth-order valence-electron chi connectivity index (χ4n) is 8.32. The Balaban J connectivity index is 1.24. The summed E-state index contributed by atoms with van der Waals surface area (Å²) < 4.78 is 11.8. The molecule has 1 fully saturated rings. The summed E-state index contributed by atoms with van der Waals surface area (Å²) in [6.07, 6.45) is 9.54. The van der Waals surface area contributed by atoms with Crippen molar-refractivity contribution in [2.45, 2.75) is 88.5 Å². The second kappa shape index (κ2) is 12.2. The minimum Gasteiger partial charge on any atom is -0.504 e. The third-order valence-corrected chi connectivity index (χ3v) is 10.8. The molecule has 7 nitrogen and oxygen atoms in total. The van der Waals surface area contributed by atoms with Crippen molar-refractivity contribution in [3.63, 3.8) is 0 Å². The number of methoxy groups -OCH3 is 1. The van der Waals surface area contributed by atoms with Gasteiger partial charge >= 0.3 is 5.97 Å². The van der Waals surface area contributed by atoms with Gasteiger partial charge in [-0.1, -0.05) is 31.5 Å². The molecule has 0 saturated heterocycles. The van der Waals surface area contributed by atoms with Gasteiger partial charge in [0, 0.05) is 28.2 Å². The molecular formula is C36H43ClN2O5. The van der Waals surface area contributed by atoms with Crippen LogP contribution in [0.15, 0.2) is 48.7 Å². The minimum absolute atomic E-state index is 0.0881. The van der Waals surface area contributed by atoms with Crippen LogP contribution in [0, 0.1) is 11.8 Å². The van der Waals surface area contributed by atoms with Gasteiger partial charge in [-0.25, -0.2) is 4.79 Å². The van der Waals surface area contributed by atoms with Gasteiger partial charge < -0.3 is 25.0 Å². The number of benzene rings is 2. The number of carbonyl (C=O) groups is 1. The highest BCUT2D eigenvalue weighted by molar-refractivity contribution is 6.30. The zero-order chi connectivity index (χ0) is 31.1. The molecule has 1 spiro atoms. The van der Waals surface area contributed by atoms with Gasteiger partial charge in [-0.15, -0.1) is 0 Å². The maximum Gasteiger partial charge on any atom is 0.331 e. The number of anilines is 1. The zero-order valence-corrected chi connectivity index (χ0v) is 26.6. The third kappa shape index (κ3) is 5.60. The first-order chi connectivity index (χ1) is 21.1. The van der Waals surface area contributed by atoms with Crippen LogP contribution in [-0.4, -0.2) is 40.4 Å². The Morgan fingerprint density at radius 1 is 1.14 bits per heavy atom. The highest BCUT2D eigenvalue weighted by atomic mass is 35.5. The molecule has 1 aromatic heterocycles. The van der Waals surface area contributed by atoms with Crippen LogP contribution >= 0.6 is 11.6 Å². The average Bonchev–Trinajstić information content (AvgIpc) is 3.28. The normalized spacial score (nSPS) is 26.5. The highest BCUT2D eigenvalue weighted by Gasteiger charge is 2.54. The van der Waals surface area contributed by atoms with Crippen LogP contribution in [-0.2, 0) is 27.8 Å². The standard InChI is InChI=1S/C36H43ClN2O5/c1-22(21-44-32-10-15-38-29-9-4-6-23(2)33(29)32)16-25-17-24-18-30(40)31(41)20-28(24)35(25)11-13-36(14-12-35,34(42)43-3)39-27-8-5-7-26(37)19-27/h5,7-8,10,15,18-20,22-23,25,39-41H,4,6,9,11-14,16-17,21H2,1-3H3/t22-,23-,25?,35?,36?/m1/s1. The Kier molecular flexibility index (Phi) is 8.44. The van der Waals surface area contributed by atoms with E-state index in [1.54, 1.807) is 12.1 Å². The molecule has 1 unspecified atom stereocenters. The van der Waals surface area contributed by atoms with Crippen molar-refractivity contribution in [2.75, 3.05) is 19.0 Å². The summed E-state index contributed by atoms with van der Waals surface area (Å²) in [6.45, 7) is 5.11. The maximum atomic E-state index is 13.3. The third-order valence-electron chi connectivity index (χ3n) is 10.6. The Labute approximate surface area is 265 Å². The number of rotatable bonds is 8. The summed E-state index contributed by atoms with van der Waals surface area (Å²) in [7, 11) is 1.44. The van der Waals surface area contributed by atoms with E-state index in [2.05, 4.69) is 24.1 Å². The predicted molar refractivity (Wildman–Crippen MR) is 172 cm³/mol. The first-order valence-electron chi connectivity index (χ1n) is 15.9. The molecule has 0 amide bonds. The molecule has 1 saturated carbocycles. The van der Waals surface area contributed by atoms with Gasteiger partial charge in [-0.2, -0.15) is 0 Å². The fraction of sp³-hybridized carbons (Fsp3) is 0.500. The molecule has 6 rings (SSSR count). The number of nitrogens with one attached hydrogen (secondary N) is 1. The Bertz CT molecular complexity index is 1530. The molecule has 2 aromatic carbocycles. The predicted octanol–water partition coefficient (Wildman–Crippen LogP) is 7.70. The van der Waals surface area contributed by atoms with Crippen molar-refractivity contribution in [3.8, 4) is 17.2 Å². The van der Waals surface area contributed by atoms with Crippen molar-refractivity contribution in [3.05, 3.63) is 76.1 Å². The Hall–Kier alpha value is -3.45. The maximum absolute atomic E-state index is 13.3. The van der Waals surface area contributed by atoms with E-state index in [-0.39, 0.29) is 34.7 Å². The Morgan fingerprint density at radius 3 is 2.66 bits per heavy atom. The number of carbonyl (C=O) groups excluding carboxylic acids is 1. The summed E-state index contributed by atoms with van der Waals surface area (Å²) in [5, 5.41) is 25.0. The monoisotopic (exact) mass is 618 g/mol. The fourth-order valence-corrected chi connectivity index (χ4v) is 8.51. The first-order valence-corrected chi connectivity index (χ1v) is 16.3. The number of hydrogen-bond donors (Lipinski definition) is 3. The Morgan fingerprint density at radius 2 is 1.91 bits per heavy atom. The van der Waals surface area contributed by atoms with Crippen molar-refractivity contribution in [1.29, 1.82) is 0 Å². The summed E-state index contributed by atoms with van der Waals surface area (Å²) in [5.41, 5.74) is 4.24. The van der Waals surface area contributed by atoms with Crippen molar-refractivity contribution >= 4 is 23.3 Å². The van der Waals surface area contributed by atoms with Crippen LogP contribution in [0.5, 0.6) is 17.2 Å². The second-order valence-corrected chi connectivity index (χ2v) is 13.8. The summed E-state index contributed by atoms with van der Waals surface area (Å²) >= 11 is 6.26. The molecule has 3 aliphatic rings. The molecule has 8 heteroatoms. The van der Waals surface area contributed by atoms with Gasteiger partial charge in [0.25, 0.3) is 0 Å². The van der Waals surface area contributed by atoms with Crippen LogP contribution in [0.2, 0.25) is 5.02 Å². The van der Waals surface area contributed by atoms with Gasteiger partial charge in [-0.3, -0.25) is 4.98 Å². The number of halogens is 1. The van der Waals surface area contributed by atoms with Gasteiger partial charge in [-0.05, 0) is 128 Å². The van der Waals surface area contributed by atoms with Gasteiger partial charge in [0.1, 0.15) is 11.3 Å². The molecule has 1 heterocycles. The zero-order valence-electron chi connectivity index (χ0n) is 25.9. The van der Waals surface area contributed by atoms with Gasteiger partial charge in [0.2, 0.25) is 0 Å². The lowest BCUT2D eigenvalue weighted by Crippen LogP contribution is -2.53. The van der Waals surface area contributed by atoms with E-state index in [0.717, 1.165) is 61.1 Å². The van der Waals surface area contributed by atoms with Gasteiger partial charge in [0.05, 0.1) is 13.7 Å². The molecule has 3 aromatic rings. The van der Waals surface area contributed by atoms with E-state index in [1.165, 1.54) is 24.8 Å².